The number of nitrogens with one attached hydrogen (secondary N) is 1. The number of nitrogens with zero attached hydrogens (tertiary/aromatic N) is 2. The maximum atomic E-state index is 13.3. The number of hydrogen-bond donors (Lipinski definition) is 1. The molecule has 0 radical (unpaired) electrons. The summed E-state index contributed by atoms with van der Waals surface area (Å²) in [4.78, 5) is 27.0. The number of hydrogen-bond acceptors (Lipinski definition) is 4. The molecule has 0 aromatic heterocycles. The number of carbonyl (C=O) groups is 2. The molecule has 0 spiro atoms. The van der Waals surface area contributed by atoms with E-state index in [-0.39, 0.29) is 12.5 Å². The molecule has 30 heavy (non-hydrogen) atoms. The molecule has 0 heterocycles. The topological polar surface area (TPSA) is 86.8 Å². The molecule has 1 unspecified atom stereocenters. The lowest BCUT2D eigenvalue weighted by Crippen LogP contribution is -2.50. The average Bonchev–Trinajstić information content (AvgIpc) is 2.70. The minimum Gasteiger partial charge on any atom is -0.357 e. The summed E-state index contributed by atoms with van der Waals surface area (Å²) in [6, 6.07) is 13.7. The van der Waals surface area contributed by atoms with Gasteiger partial charge < -0.3 is 10.2 Å². The lowest BCUT2D eigenvalue weighted by molar-refractivity contribution is -0.139. The van der Waals surface area contributed by atoms with Gasteiger partial charge in [0.15, 0.2) is 0 Å². The molecule has 2 aromatic carbocycles. The molecule has 0 saturated carbocycles. The molecule has 0 aliphatic carbocycles. The van der Waals surface area contributed by atoms with Gasteiger partial charge >= 0.3 is 0 Å². The van der Waals surface area contributed by atoms with Crippen molar-refractivity contribution in [3.05, 3.63) is 65.2 Å². The summed E-state index contributed by atoms with van der Waals surface area (Å²) in [7, 11) is -2.20. The molecule has 1 atom stereocenters. The molecule has 2 amide bonds. The van der Waals surface area contributed by atoms with Crippen molar-refractivity contribution in [2.45, 2.75) is 33.4 Å². The average molecular weight is 432 g/mol. The third-order valence-corrected chi connectivity index (χ3v) is 6.16. The lowest BCUT2D eigenvalue weighted by Gasteiger charge is -2.31. The lowest BCUT2D eigenvalue weighted by atomic mass is 10.1. The number of amides is 2. The Balaban J connectivity index is 2.38. The zero-order valence-electron chi connectivity index (χ0n) is 18.0. The van der Waals surface area contributed by atoms with Crippen LogP contribution in [-0.4, -0.2) is 51.0 Å². The van der Waals surface area contributed by atoms with Gasteiger partial charge in [0.05, 0.1) is 11.9 Å². The minimum absolute atomic E-state index is 0.200. The van der Waals surface area contributed by atoms with Crippen LogP contribution >= 0.6 is 0 Å². The second kappa shape index (κ2) is 9.75. The summed E-state index contributed by atoms with van der Waals surface area (Å²) in [5.74, 6) is -0.779. The van der Waals surface area contributed by atoms with Crippen molar-refractivity contribution >= 4 is 27.5 Å². The molecule has 8 heteroatoms. The van der Waals surface area contributed by atoms with Crippen LogP contribution in [0.3, 0.4) is 0 Å². The Hall–Kier alpha value is -2.87. The van der Waals surface area contributed by atoms with Gasteiger partial charge in [-0.25, -0.2) is 8.42 Å². The van der Waals surface area contributed by atoms with Crippen LogP contribution in [0.25, 0.3) is 0 Å². The Morgan fingerprint density at radius 1 is 1.03 bits per heavy atom. The quantitative estimate of drug-likeness (QED) is 0.694. The molecule has 0 aliphatic heterocycles. The van der Waals surface area contributed by atoms with Crippen molar-refractivity contribution in [1.29, 1.82) is 0 Å². The molecule has 0 aliphatic rings. The molecule has 0 fully saturated rings. The third-order valence-electron chi connectivity index (χ3n) is 5.02. The maximum absolute atomic E-state index is 13.3. The summed E-state index contributed by atoms with van der Waals surface area (Å²) < 4.78 is 25.9. The van der Waals surface area contributed by atoms with Gasteiger partial charge in [0.25, 0.3) is 0 Å². The van der Waals surface area contributed by atoms with E-state index < -0.39 is 28.5 Å². The number of anilines is 1. The van der Waals surface area contributed by atoms with E-state index in [9.17, 15) is 18.0 Å². The zero-order valence-corrected chi connectivity index (χ0v) is 18.9. The predicted molar refractivity (Wildman–Crippen MR) is 119 cm³/mol. The van der Waals surface area contributed by atoms with Crippen LogP contribution in [0.5, 0.6) is 0 Å². The van der Waals surface area contributed by atoms with Crippen LogP contribution in [-0.2, 0) is 26.2 Å². The number of rotatable bonds is 8. The van der Waals surface area contributed by atoms with E-state index in [1.807, 2.05) is 38.1 Å². The molecule has 7 nitrogen and oxygen atoms in total. The maximum Gasteiger partial charge on any atom is 0.244 e. The monoisotopic (exact) mass is 431 g/mol. The molecule has 2 aromatic rings. The minimum atomic E-state index is -3.71. The van der Waals surface area contributed by atoms with E-state index in [1.54, 1.807) is 31.2 Å². The Morgan fingerprint density at radius 2 is 1.63 bits per heavy atom. The Labute approximate surface area is 178 Å². The zero-order chi connectivity index (χ0) is 22.5. The first-order valence-electron chi connectivity index (χ1n) is 9.64. The van der Waals surface area contributed by atoms with E-state index in [1.165, 1.54) is 11.9 Å². The number of aryl methyl sites for hydroxylation is 2. The highest BCUT2D eigenvalue weighted by molar-refractivity contribution is 7.92. The van der Waals surface area contributed by atoms with Gasteiger partial charge in [0.1, 0.15) is 12.6 Å². The Morgan fingerprint density at radius 3 is 2.17 bits per heavy atom. The number of likely N-dealkylation sites (N-methyl/N-ethyl adjacent to an activating group) is 1. The van der Waals surface area contributed by atoms with Gasteiger partial charge in [0, 0.05) is 13.6 Å². The van der Waals surface area contributed by atoms with Crippen LogP contribution in [0.2, 0.25) is 0 Å². The summed E-state index contributed by atoms with van der Waals surface area (Å²) in [6.45, 7) is 5.26. The van der Waals surface area contributed by atoms with Crippen LogP contribution in [0.15, 0.2) is 48.5 Å². The first-order chi connectivity index (χ1) is 14.0. The van der Waals surface area contributed by atoms with Gasteiger partial charge in [0.2, 0.25) is 21.8 Å². The van der Waals surface area contributed by atoms with Crippen molar-refractivity contribution in [3.63, 3.8) is 0 Å². The fourth-order valence-electron chi connectivity index (χ4n) is 3.09. The second-order valence-electron chi connectivity index (χ2n) is 7.34. The molecular weight excluding hydrogens is 402 g/mol. The van der Waals surface area contributed by atoms with Crippen molar-refractivity contribution in [2.75, 3.05) is 24.2 Å². The van der Waals surface area contributed by atoms with Crippen LogP contribution in [0.4, 0.5) is 5.69 Å². The van der Waals surface area contributed by atoms with Crippen LogP contribution in [0.1, 0.15) is 23.6 Å². The van der Waals surface area contributed by atoms with E-state index in [0.717, 1.165) is 27.3 Å². The van der Waals surface area contributed by atoms with Crippen LogP contribution < -0.4 is 9.62 Å². The summed E-state index contributed by atoms with van der Waals surface area (Å²) >= 11 is 0. The van der Waals surface area contributed by atoms with Crippen molar-refractivity contribution < 1.29 is 18.0 Å². The van der Waals surface area contributed by atoms with Crippen molar-refractivity contribution in [3.8, 4) is 0 Å². The molecule has 1 N–H and O–H groups in total. The fourth-order valence-corrected chi connectivity index (χ4v) is 3.94. The summed E-state index contributed by atoms with van der Waals surface area (Å²) in [6.07, 6.45) is 1.06. The van der Waals surface area contributed by atoms with E-state index in [2.05, 4.69) is 5.32 Å². The SMILES string of the molecule is CNC(=O)C(C)N(Cc1ccccc1C)C(=O)CN(c1ccc(C)cc1)S(C)(=O)=O. The molecular formula is C22H29N3O4S. The van der Waals surface area contributed by atoms with Crippen molar-refractivity contribution in [1.82, 2.24) is 10.2 Å². The highest BCUT2D eigenvalue weighted by Crippen LogP contribution is 2.20. The van der Waals surface area contributed by atoms with Gasteiger partial charge in [-0.15, -0.1) is 0 Å². The largest absolute Gasteiger partial charge is 0.357 e. The third kappa shape index (κ3) is 5.82. The predicted octanol–water partition coefficient (Wildman–Crippen LogP) is 2.23. The first-order valence-corrected chi connectivity index (χ1v) is 11.5. The first kappa shape index (κ1) is 23.4. The summed E-state index contributed by atoms with van der Waals surface area (Å²) in [5, 5.41) is 2.56. The Bertz CT molecular complexity index is 1000. The van der Waals surface area contributed by atoms with Gasteiger partial charge in [-0.1, -0.05) is 42.0 Å². The smallest absolute Gasteiger partial charge is 0.244 e. The molecule has 162 valence electrons. The fraction of sp³-hybridized carbons (Fsp3) is 0.364. The highest BCUT2D eigenvalue weighted by atomic mass is 32.2. The van der Waals surface area contributed by atoms with E-state index >= 15 is 0 Å². The van der Waals surface area contributed by atoms with Crippen LogP contribution in [0, 0.1) is 13.8 Å². The van der Waals surface area contributed by atoms with E-state index in [4.69, 9.17) is 0 Å². The van der Waals surface area contributed by atoms with Gasteiger partial charge in [-0.2, -0.15) is 0 Å². The number of sulfonamides is 1. The number of benzene rings is 2. The second-order valence-corrected chi connectivity index (χ2v) is 9.25. The highest BCUT2D eigenvalue weighted by Gasteiger charge is 2.29. The van der Waals surface area contributed by atoms with Gasteiger partial charge in [-0.3, -0.25) is 13.9 Å². The molecule has 2 rings (SSSR count). The van der Waals surface area contributed by atoms with Gasteiger partial charge in [-0.05, 0) is 44.0 Å². The number of carbonyl (C=O) groups excluding carboxylic acids is 2. The standard InChI is InChI=1S/C22H29N3O4S/c1-16-10-12-20(13-11-16)25(30(5,28)29)15-21(26)24(18(3)22(27)23-4)14-19-9-7-6-8-17(19)2/h6-13,18H,14-15H2,1-5H3,(H,23,27). The van der Waals surface area contributed by atoms with E-state index in [0.29, 0.717) is 5.69 Å². The van der Waals surface area contributed by atoms with Crippen molar-refractivity contribution in [2.24, 2.45) is 0 Å². The Kier molecular flexibility index (Phi) is 7.61. The summed E-state index contributed by atoms with van der Waals surface area (Å²) in [5.41, 5.74) is 3.26. The molecule has 0 bridgehead atoms. The normalized spacial score (nSPS) is 12.2. The molecule has 0 saturated heterocycles.